The quantitative estimate of drug-likeness (QED) is 0.279. The van der Waals surface area contributed by atoms with Crippen molar-refractivity contribution in [2.24, 2.45) is 5.92 Å². The van der Waals surface area contributed by atoms with Crippen LogP contribution < -0.4 is 30.2 Å². The Bertz CT molecular complexity index is 1590. The highest BCUT2D eigenvalue weighted by molar-refractivity contribution is 6.91. The van der Waals surface area contributed by atoms with Crippen molar-refractivity contribution in [3.63, 3.8) is 0 Å². The molecule has 5 atom stereocenters. The summed E-state index contributed by atoms with van der Waals surface area (Å²) in [6.07, 6.45) is 1.94. The van der Waals surface area contributed by atoms with Crippen LogP contribution in [0.4, 0.5) is 11.4 Å². The standard InChI is InChI=1S/C36H45N3O6Si/c1-23-33(46(4,5)28-14-11-26(43-2)12-15-28)32(17-19-40)45-36(23)29-21-27(44-3)13-16-31(29)39(35(36)42)22-24-8-6-9-25(20-24)38-34(41)30-10-7-18-37-30/h6,8-9,11-16,20-21,23,30,32-33,37,40H,7,10,17-19,22H2,1-5H3,(H,38,41)/t23-,30+,32+,33-,36+/m0/s1. The van der Waals surface area contributed by atoms with Crippen molar-refractivity contribution in [2.45, 2.75) is 69.1 Å². The molecule has 10 heteroatoms. The van der Waals surface area contributed by atoms with Gasteiger partial charge in [-0.2, -0.15) is 0 Å². The maximum atomic E-state index is 14.9. The zero-order valence-electron chi connectivity index (χ0n) is 27.3. The molecule has 0 aromatic heterocycles. The Hall–Kier alpha value is -3.70. The molecular weight excluding hydrogens is 598 g/mol. The summed E-state index contributed by atoms with van der Waals surface area (Å²) in [6.45, 7) is 7.92. The second-order valence-electron chi connectivity index (χ2n) is 13.3. The average molecular weight is 644 g/mol. The molecule has 2 saturated heterocycles. The van der Waals surface area contributed by atoms with E-state index in [9.17, 15) is 14.7 Å². The molecule has 0 unspecified atom stereocenters. The highest BCUT2D eigenvalue weighted by Gasteiger charge is 2.66. The fourth-order valence-corrected chi connectivity index (χ4v) is 12.1. The van der Waals surface area contributed by atoms with Gasteiger partial charge >= 0.3 is 0 Å². The van der Waals surface area contributed by atoms with E-state index in [1.165, 1.54) is 5.19 Å². The summed E-state index contributed by atoms with van der Waals surface area (Å²) in [4.78, 5) is 29.5. The molecule has 0 saturated carbocycles. The van der Waals surface area contributed by atoms with Crippen LogP contribution in [-0.2, 0) is 26.5 Å². The van der Waals surface area contributed by atoms with Crippen molar-refractivity contribution >= 4 is 36.4 Å². The molecule has 6 rings (SSSR count). The number of rotatable bonds is 10. The molecule has 0 radical (unpaired) electrons. The number of carbonyl (C=O) groups excluding carboxylic acids is 2. The van der Waals surface area contributed by atoms with Gasteiger partial charge in [-0.25, -0.2) is 0 Å². The maximum absolute atomic E-state index is 14.9. The highest BCUT2D eigenvalue weighted by atomic mass is 28.3. The minimum absolute atomic E-state index is 0.0329. The normalized spacial score (nSPS) is 25.6. The predicted octanol–water partition coefficient (Wildman–Crippen LogP) is 4.54. The summed E-state index contributed by atoms with van der Waals surface area (Å²) in [5.41, 5.74) is 1.99. The van der Waals surface area contributed by atoms with E-state index >= 15 is 0 Å². The Morgan fingerprint density at radius 2 is 1.83 bits per heavy atom. The van der Waals surface area contributed by atoms with Gasteiger partial charge in [0.25, 0.3) is 5.91 Å². The second-order valence-corrected chi connectivity index (χ2v) is 18.0. The van der Waals surface area contributed by atoms with Crippen LogP contribution in [0.3, 0.4) is 0 Å². The number of hydrogen-bond donors (Lipinski definition) is 3. The molecule has 3 aromatic carbocycles. The van der Waals surface area contributed by atoms with Crippen LogP contribution in [0.15, 0.2) is 66.7 Å². The van der Waals surface area contributed by atoms with E-state index in [1.54, 1.807) is 14.2 Å². The van der Waals surface area contributed by atoms with E-state index < -0.39 is 13.7 Å². The minimum atomic E-state index is -2.28. The van der Waals surface area contributed by atoms with Crippen LogP contribution in [0.2, 0.25) is 18.6 Å². The molecule has 2 fully saturated rings. The molecule has 46 heavy (non-hydrogen) atoms. The van der Waals surface area contributed by atoms with E-state index in [4.69, 9.17) is 14.2 Å². The molecule has 3 aliphatic heterocycles. The van der Waals surface area contributed by atoms with Gasteiger partial charge in [-0.3, -0.25) is 9.59 Å². The van der Waals surface area contributed by atoms with Crippen molar-refractivity contribution in [3.8, 4) is 11.5 Å². The first kappa shape index (κ1) is 32.2. The van der Waals surface area contributed by atoms with Gasteiger partial charge in [-0.1, -0.05) is 49.5 Å². The third-order valence-electron chi connectivity index (χ3n) is 10.4. The molecule has 3 N–H and O–H groups in total. The smallest absolute Gasteiger partial charge is 0.264 e. The summed E-state index contributed by atoms with van der Waals surface area (Å²) in [5, 5.41) is 17.7. The van der Waals surface area contributed by atoms with Crippen molar-refractivity contribution in [2.75, 3.05) is 37.6 Å². The molecule has 1 spiro atoms. The third-order valence-corrected chi connectivity index (χ3v) is 14.7. The molecule has 3 heterocycles. The zero-order chi connectivity index (χ0) is 32.6. The Balaban J connectivity index is 1.36. The van der Waals surface area contributed by atoms with Crippen LogP contribution in [-0.4, -0.2) is 64.5 Å². The van der Waals surface area contributed by atoms with Gasteiger partial charge in [-0.15, -0.1) is 0 Å². The number of hydrogen-bond acceptors (Lipinski definition) is 7. The van der Waals surface area contributed by atoms with E-state index in [-0.39, 0.29) is 42.0 Å². The van der Waals surface area contributed by atoms with Crippen LogP contribution in [0, 0.1) is 5.92 Å². The molecule has 2 amide bonds. The van der Waals surface area contributed by atoms with E-state index in [0.29, 0.717) is 24.4 Å². The third kappa shape index (κ3) is 5.51. The van der Waals surface area contributed by atoms with Crippen molar-refractivity contribution in [3.05, 3.63) is 77.9 Å². The van der Waals surface area contributed by atoms with Gasteiger partial charge in [0, 0.05) is 23.8 Å². The van der Waals surface area contributed by atoms with Crippen LogP contribution in [0.1, 0.15) is 37.3 Å². The second kappa shape index (κ2) is 12.8. The zero-order valence-corrected chi connectivity index (χ0v) is 28.3. The van der Waals surface area contributed by atoms with Gasteiger partial charge in [0.15, 0.2) is 5.60 Å². The number of aliphatic hydroxyl groups excluding tert-OH is 1. The molecule has 0 bridgehead atoms. The Labute approximate surface area is 272 Å². The topological polar surface area (TPSA) is 109 Å². The van der Waals surface area contributed by atoms with Gasteiger partial charge < -0.3 is 34.9 Å². The fourth-order valence-electron chi connectivity index (χ4n) is 8.04. The number of nitrogens with zero attached hydrogens (tertiary/aromatic N) is 1. The first-order valence-electron chi connectivity index (χ1n) is 16.2. The predicted molar refractivity (Wildman–Crippen MR) is 182 cm³/mol. The summed E-state index contributed by atoms with van der Waals surface area (Å²) >= 11 is 0. The molecule has 0 aliphatic carbocycles. The number of aliphatic hydroxyl groups is 1. The number of fused-ring (bicyclic) bond motifs is 2. The lowest BCUT2D eigenvalue weighted by atomic mass is 9.82. The lowest BCUT2D eigenvalue weighted by Crippen LogP contribution is -2.51. The molecular formula is C36H45N3O6Si. The van der Waals surface area contributed by atoms with Crippen molar-refractivity contribution < 1.29 is 28.9 Å². The Morgan fingerprint density at radius 3 is 2.50 bits per heavy atom. The number of amides is 2. The van der Waals surface area contributed by atoms with Crippen LogP contribution in [0.5, 0.6) is 11.5 Å². The monoisotopic (exact) mass is 643 g/mol. The number of anilines is 2. The largest absolute Gasteiger partial charge is 0.497 e. The Morgan fingerprint density at radius 1 is 1.09 bits per heavy atom. The summed E-state index contributed by atoms with van der Waals surface area (Å²) in [7, 11) is 1.00. The maximum Gasteiger partial charge on any atom is 0.264 e. The van der Waals surface area contributed by atoms with Gasteiger partial charge in [0.1, 0.15) is 11.5 Å². The van der Waals surface area contributed by atoms with Crippen LogP contribution >= 0.6 is 0 Å². The first-order chi connectivity index (χ1) is 22.1. The minimum Gasteiger partial charge on any atom is -0.497 e. The molecule has 9 nitrogen and oxygen atoms in total. The Kier molecular flexibility index (Phi) is 8.99. The lowest BCUT2D eigenvalue weighted by Gasteiger charge is -2.37. The molecule has 3 aliphatic rings. The number of carbonyl (C=O) groups is 2. The number of nitrogens with one attached hydrogen (secondary N) is 2. The first-order valence-corrected chi connectivity index (χ1v) is 19.3. The van der Waals surface area contributed by atoms with Gasteiger partial charge in [-0.05, 0) is 79.4 Å². The summed E-state index contributed by atoms with van der Waals surface area (Å²) < 4.78 is 18.1. The average Bonchev–Trinajstić information content (AvgIpc) is 3.76. The van der Waals surface area contributed by atoms with E-state index in [2.05, 4.69) is 42.8 Å². The fraction of sp³-hybridized carbons (Fsp3) is 0.444. The SMILES string of the molecule is COc1ccc([Si](C)(C)[C@@H]2[C@@H](CCO)O[C@]3(C(=O)N(Cc4cccc(NC(=O)[C@H]5CCCN5)c4)c4ccc(OC)cc43)[C@H]2C)cc1. The molecule has 3 aromatic rings. The van der Waals surface area contributed by atoms with Crippen molar-refractivity contribution in [1.29, 1.82) is 0 Å². The number of methoxy groups -OCH3 is 2. The number of ether oxygens (including phenoxy) is 3. The number of benzene rings is 3. The van der Waals surface area contributed by atoms with Crippen molar-refractivity contribution in [1.82, 2.24) is 5.32 Å². The summed E-state index contributed by atoms with van der Waals surface area (Å²) in [5.74, 6) is 1.12. The van der Waals surface area contributed by atoms with E-state index in [1.807, 2.05) is 59.5 Å². The molecule has 244 valence electrons. The lowest BCUT2D eigenvalue weighted by molar-refractivity contribution is -0.146. The van der Waals surface area contributed by atoms with Gasteiger partial charge in [0.2, 0.25) is 5.91 Å². The van der Waals surface area contributed by atoms with Gasteiger partial charge in [0.05, 0.1) is 46.7 Å². The van der Waals surface area contributed by atoms with Crippen LogP contribution in [0.25, 0.3) is 0 Å². The highest BCUT2D eigenvalue weighted by Crippen LogP contribution is 2.60. The van der Waals surface area contributed by atoms with E-state index in [0.717, 1.165) is 42.0 Å². The summed E-state index contributed by atoms with van der Waals surface area (Å²) in [6, 6.07) is 21.5.